The fourth-order valence-electron chi connectivity index (χ4n) is 6.62. The molecule has 3 fully saturated rings. The van der Waals surface area contributed by atoms with E-state index in [4.69, 9.17) is 5.26 Å². The van der Waals surface area contributed by atoms with Gasteiger partial charge in [-0.15, -0.1) is 11.3 Å². The highest BCUT2D eigenvalue weighted by atomic mass is 32.1. The Kier molecular flexibility index (Phi) is 6.99. The molecular weight excluding hydrogens is 512 g/mol. The van der Waals surface area contributed by atoms with Crippen molar-refractivity contribution in [3.63, 3.8) is 0 Å². The number of likely N-dealkylation sites (tertiary alicyclic amines) is 2. The quantitative estimate of drug-likeness (QED) is 0.455. The number of anilines is 1. The van der Waals surface area contributed by atoms with E-state index in [1.165, 1.54) is 11.3 Å². The number of nitrogens with zero attached hydrogens (tertiary/aromatic N) is 6. The minimum Gasteiger partial charge on any atom is -0.381 e. The molecule has 1 saturated carbocycles. The Morgan fingerprint density at radius 3 is 2.62 bits per heavy atom. The third-order valence-electron chi connectivity index (χ3n) is 8.58. The molecule has 6 rings (SSSR count). The monoisotopic (exact) mass is 546 g/mol. The van der Waals surface area contributed by atoms with Gasteiger partial charge in [0.1, 0.15) is 15.5 Å². The van der Waals surface area contributed by atoms with Gasteiger partial charge in [-0.05, 0) is 43.6 Å². The molecule has 2 N–H and O–H groups in total. The van der Waals surface area contributed by atoms with Crippen molar-refractivity contribution in [2.45, 2.75) is 31.7 Å². The van der Waals surface area contributed by atoms with Crippen molar-refractivity contribution >= 4 is 39.9 Å². The Morgan fingerprint density at radius 1 is 1.18 bits per heavy atom. The average molecular weight is 547 g/mol. The lowest BCUT2D eigenvalue weighted by Crippen LogP contribution is -2.42. The van der Waals surface area contributed by atoms with Gasteiger partial charge in [-0.1, -0.05) is 0 Å². The summed E-state index contributed by atoms with van der Waals surface area (Å²) in [5.74, 6) is 1.33. The molecule has 0 aromatic carbocycles. The third kappa shape index (κ3) is 4.99. The van der Waals surface area contributed by atoms with Crippen LogP contribution >= 0.6 is 11.3 Å². The number of nitriles is 1. The molecule has 39 heavy (non-hydrogen) atoms. The number of rotatable bonds is 6. The molecule has 2 amide bonds. The van der Waals surface area contributed by atoms with Crippen molar-refractivity contribution in [2.24, 2.45) is 17.8 Å². The molecule has 1 unspecified atom stereocenters. The maximum atomic E-state index is 13.3. The molecule has 0 spiro atoms. The van der Waals surface area contributed by atoms with E-state index in [0.29, 0.717) is 55.2 Å². The van der Waals surface area contributed by atoms with E-state index in [1.807, 2.05) is 23.4 Å². The maximum Gasteiger partial charge on any atom is 0.265 e. The second-order valence-electron chi connectivity index (χ2n) is 11.3. The van der Waals surface area contributed by atoms with Gasteiger partial charge in [0, 0.05) is 70.0 Å². The molecule has 3 aromatic heterocycles. The first kappa shape index (κ1) is 25.8. The van der Waals surface area contributed by atoms with Crippen molar-refractivity contribution in [3.05, 3.63) is 29.5 Å². The van der Waals surface area contributed by atoms with E-state index < -0.39 is 0 Å². The van der Waals surface area contributed by atoms with Gasteiger partial charge < -0.3 is 20.1 Å². The van der Waals surface area contributed by atoms with Gasteiger partial charge in [0.15, 0.2) is 0 Å². The van der Waals surface area contributed by atoms with Gasteiger partial charge in [-0.2, -0.15) is 5.26 Å². The molecule has 2 aliphatic heterocycles. The van der Waals surface area contributed by atoms with E-state index in [9.17, 15) is 9.59 Å². The van der Waals surface area contributed by atoms with Crippen LogP contribution in [0.25, 0.3) is 21.6 Å². The first-order valence-corrected chi connectivity index (χ1v) is 14.5. The van der Waals surface area contributed by atoms with Crippen molar-refractivity contribution in [1.82, 2.24) is 29.7 Å². The standard InChI is InChI=1S/C28H34N8O2S/c1-34(2)27(37)17-4-8-36(9-5-17)28(38)23-14-32-26(39-23)22-13-31-25-21(3-7-30-25)24(22)33-20-11-18-15-35(10-6-29)16-19(18)12-20/h3,7,13-14,17-20H,4-5,8-12,15-16H2,1-2H3,(H2,30,31,33)/t18-,19+,20?. The van der Waals surface area contributed by atoms with Crippen molar-refractivity contribution in [3.8, 4) is 16.6 Å². The average Bonchev–Trinajstić information content (AvgIpc) is 3.72. The van der Waals surface area contributed by atoms with Crippen LogP contribution in [0.4, 0.5) is 5.69 Å². The fourth-order valence-corrected chi connectivity index (χ4v) is 7.52. The van der Waals surface area contributed by atoms with Crippen LogP contribution in [0.3, 0.4) is 0 Å². The highest BCUT2D eigenvalue weighted by Gasteiger charge is 2.41. The topological polar surface area (TPSA) is 121 Å². The predicted molar refractivity (Wildman–Crippen MR) is 150 cm³/mol. The summed E-state index contributed by atoms with van der Waals surface area (Å²) < 4.78 is 0. The van der Waals surface area contributed by atoms with Gasteiger partial charge in [0.25, 0.3) is 5.91 Å². The molecular formula is C28H34N8O2S. The lowest BCUT2D eigenvalue weighted by Gasteiger charge is -2.32. The molecule has 3 aromatic rings. The Hall–Kier alpha value is -3.49. The summed E-state index contributed by atoms with van der Waals surface area (Å²) in [4.78, 5) is 44.5. The molecule has 3 aliphatic rings. The summed E-state index contributed by atoms with van der Waals surface area (Å²) in [6.45, 7) is 3.67. The summed E-state index contributed by atoms with van der Waals surface area (Å²) in [5, 5.41) is 14.7. The number of hydrogen-bond acceptors (Lipinski definition) is 8. The van der Waals surface area contributed by atoms with E-state index in [1.54, 1.807) is 25.2 Å². The largest absolute Gasteiger partial charge is 0.381 e. The Balaban J connectivity index is 1.18. The minimum absolute atomic E-state index is 0.0154. The number of fused-ring (bicyclic) bond motifs is 2. The zero-order valence-corrected chi connectivity index (χ0v) is 23.2. The fraction of sp³-hybridized carbons (Fsp3) is 0.536. The zero-order chi connectivity index (χ0) is 27.1. The number of aromatic amines is 1. The lowest BCUT2D eigenvalue weighted by atomic mass is 9.95. The van der Waals surface area contributed by atoms with Crippen molar-refractivity contribution in [2.75, 3.05) is 52.1 Å². The lowest BCUT2D eigenvalue weighted by molar-refractivity contribution is -0.134. The van der Waals surface area contributed by atoms with Gasteiger partial charge >= 0.3 is 0 Å². The summed E-state index contributed by atoms with van der Waals surface area (Å²) >= 11 is 1.40. The first-order valence-electron chi connectivity index (χ1n) is 13.7. The van der Waals surface area contributed by atoms with Gasteiger partial charge in [-0.3, -0.25) is 14.5 Å². The molecule has 0 radical (unpaired) electrons. The second-order valence-corrected chi connectivity index (χ2v) is 12.3. The molecule has 5 heterocycles. The Morgan fingerprint density at radius 2 is 1.92 bits per heavy atom. The number of carbonyl (C=O) groups excluding carboxylic acids is 2. The van der Waals surface area contributed by atoms with Crippen LogP contribution in [0.5, 0.6) is 0 Å². The van der Waals surface area contributed by atoms with Crippen molar-refractivity contribution in [1.29, 1.82) is 5.26 Å². The molecule has 2 saturated heterocycles. The van der Waals surface area contributed by atoms with E-state index in [-0.39, 0.29) is 17.7 Å². The van der Waals surface area contributed by atoms with Gasteiger partial charge in [-0.25, -0.2) is 9.97 Å². The number of H-pyrrole nitrogens is 1. The molecule has 3 atom stereocenters. The molecule has 0 bridgehead atoms. The van der Waals surface area contributed by atoms with Crippen LogP contribution in [0.1, 0.15) is 35.4 Å². The number of carbonyl (C=O) groups is 2. The number of amides is 2. The zero-order valence-electron chi connectivity index (χ0n) is 22.4. The highest BCUT2D eigenvalue weighted by molar-refractivity contribution is 7.17. The van der Waals surface area contributed by atoms with Crippen LogP contribution < -0.4 is 5.32 Å². The normalized spacial score (nSPS) is 23.6. The molecule has 1 aliphatic carbocycles. The van der Waals surface area contributed by atoms with Crippen LogP contribution in [-0.4, -0.2) is 94.3 Å². The first-order chi connectivity index (χ1) is 18.9. The second kappa shape index (κ2) is 10.6. The molecule has 204 valence electrons. The van der Waals surface area contributed by atoms with Crippen LogP contribution in [0.15, 0.2) is 24.7 Å². The summed E-state index contributed by atoms with van der Waals surface area (Å²) in [5.41, 5.74) is 2.74. The van der Waals surface area contributed by atoms with Crippen molar-refractivity contribution < 1.29 is 9.59 Å². The Bertz CT molecular complexity index is 1400. The van der Waals surface area contributed by atoms with Gasteiger partial charge in [0.05, 0.1) is 30.1 Å². The number of piperidine rings is 1. The SMILES string of the molecule is CN(C)C(=O)C1CCN(C(=O)c2cnc(-c3cnc4[nH]ccc4c3NC3C[C@@H]4CN(CC#N)C[C@@H]4C3)s2)CC1. The van der Waals surface area contributed by atoms with E-state index in [0.717, 1.165) is 53.2 Å². The number of pyridine rings is 1. The van der Waals surface area contributed by atoms with Gasteiger partial charge in [0.2, 0.25) is 5.91 Å². The highest BCUT2D eigenvalue weighted by Crippen LogP contribution is 2.42. The number of thiazole rings is 1. The number of hydrogen-bond donors (Lipinski definition) is 2. The minimum atomic E-state index is -0.0229. The Labute approximate surface area is 232 Å². The van der Waals surface area contributed by atoms with E-state index in [2.05, 4.69) is 31.2 Å². The van der Waals surface area contributed by atoms with E-state index >= 15 is 0 Å². The predicted octanol–water partition coefficient (Wildman–Crippen LogP) is 3.27. The summed E-state index contributed by atoms with van der Waals surface area (Å²) in [6.07, 6.45) is 8.95. The van der Waals surface area contributed by atoms with Crippen LogP contribution in [0, 0.1) is 29.1 Å². The summed E-state index contributed by atoms with van der Waals surface area (Å²) in [6, 6.07) is 4.67. The van der Waals surface area contributed by atoms with Crippen LogP contribution in [0.2, 0.25) is 0 Å². The third-order valence-corrected chi connectivity index (χ3v) is 9.59. The molecule has 10 nitrogen and oxygen atoms in total. The number of aromatic nitrogens is 3. The number of nitrogens with one attached hydrogen (secondary N) is 2. The summed E-state index contributed by atoms with van der Waals surface area (Å²) in [7, 11) is 3.56. The maximum absolute atomic E-state index is 13.3. The molecule has 11 heteroatoms. The van der Waals surface area contributed by atoms with Crippen LogP contribution in [-0.2, 0) is 4.79 Å². The smallest absolute Gasteiger partial charge is 0.265 e.